The second kappa shape index (κ2) is 8.59. The molecule has 2 rings (SSSR count). The fourth-order valence-corrected chi connectivity index (χ4v) is 2.88. The van der Waals surface area contributed by atoms with Crippen LogP contribution in [0.4, 0.5) is 5.69 Å². The van der Waals surface area contributed by atoms with Gasteiger partial charge in [0.05, 0.1) is 5.75 Å². The Balaban J connectivity index is 1.95. The average molecular weight is 361 g/mol. The monoisotopic (exact) mass is 361 g/mol. The van der Waals surface area contributed by atoms with Gasteiger partial charge in [-0.3, -0.25) is 14.4 Å². The number of ketones is 1. The minimum atomic E-state index is -0.302. The Labute approximate surface area is 148 Å². The smallest absolute Gasteiger partial charge is 0.255 e. The highest BCUT2D eigenvalue weighted by molar-refractivity contribution is 7.99. The minimum absolute atomic E-state index is 0.0384. The van der Waals surface area contributed by atoms with Gasteiger partial charge in [0.25, 0.3) is 5.56 Å². The Morgan fingerprint density at radius 2 is 1.96 bits per heavy atom. The summed E-state index contributed by atoms with van der Waals surface area (Å²) in [5.41, 5.74) is 1.85. The molecule has 1 heterocycles. The van der Waals surface area contributed by atoms with E-state index >= 15 is 0 Å². The average Bonchev–Trinajstić information content (AvgIpc) is 2.57. The van der Waals surface area contributed by atoms with E-state index in [0.29, 0.717) is 27.7 Å². The van der Waals surface area contributed by atoms with Gasteiger partial charge in [0.2, 0.25) is 5.91 Å². The summed E-state index contributed by atoms with van der Waals surface area (Å²) < 4.78 is 0. The molecule has 25 heavy (non-hydrogen) atoms. The molecule has 0 unspecified atom stereocenters. The summed E-state index contributed by atoms with van der Waals surface area (Å²) in [6.45, 7) is 3.05. The number of carbonyl (C=O) groups is 2. The van der Waals surface area contributed by atoms with Crippen molar-refractivity contribution in [3.8, 4) is 0 Å². The summed E-state index contributed by atoms with van der Waals surface area (Å²) in [5, 5.41) is 12.0. The molecule has 0 saturated heterocycles. The molecule has 1 aromatic heterocycles. The number of anilines is 1. The number of aromatic amines is 1. The lowest BCUT2D eigenvalue weighted by molar-refractivity contribution is -0.113. The van der Waals surface area contributed by atoms with E-state index in [9.17, 15) is 14.4 Å². The zero-order valence-corrected chi connectivity index (χ0v) is 14.8. The standard InChI is InChI=1S/C17H19N3O4S/c1-10-14(7-8-21)16(24)20-17(18-10)25-9-15(23)19-13-5-3-12(4-6-13)11(2)22/h3-6,21H,7-9H2,1-2H3,(H,19,23)(H,18,20,24). The lowest BCUT2D eigenvalue weighted by Gasteiger charge is -2.07. The van der Waals surface area contributed by atoms with Crippen LogP contribution in [0.25, 0.3) is 0 Å². The highest BCUT2D eigenvalue weighted by atomic mass is 32.2. The molecule has 0 atom stereocenters. The third-order valence-electron chi connectivity index (χ3n) is 3.48. The number of aromatic nitrogens is 2. The number of rotatable bonds is 7. The SMILES string of the molecule is CC(=O)c1ccc(NC(=O)CSc2nc(C)c(CCO)c(=O)[nH]2)cc1. The zero-order chi connectivity index (χ0) is 18.4. The maximum Gasteiger partial charge on any atom is 0.255 e. The predicted octanol–water partition coefficient (Wildman–Crippen LogP) is 1.55. The Bertz CT molecular complexity index is 831. The maximum absolute atomic E-state index is 12.0. The van der Waals surface area contributed by atoms with Crippen LogP contribution in [0.5, 0.6) is 0 Å². The van der Waals surface area contributed by atoms with Gasteiger partial charge >= 0.3 is 0 Å². The summed E-state index contributed by atoms with van der Waals surface area (Å²) >= 11 is 1.12. The van der Waals surface area contributed by atoms with Crippen LogP contribution in [-0.4, -0.2) is 39.1 Å². The number of amides is 1. The fourth-order valence-electron chi connectivity index (χ4n) is 2.18. The number of carbonyl (C=O) groups excluding carboxylic acids is 2. The minimum Gasteiger partial charge on any atom is -0.396 e. The van der Waals surface area contributed by atoms with Crippen molar-refractivity contribution in [1.82, 2.24) is 9.97 Å². The molecule has 8 heteroatoms. The van der Waals surface area contributed by atoms with Gasteiger partial charge in [0.1, 0.15) is 0 Å². The molecule has 132 valence electrons. The van der Waals surface area contributed by atoms with E-state index in [1.165, 1.54) is 6.92 Å². The van der Waals surface area contributed by atoms with Gasteiger partial charge in [-0.2, -0.15) is 0 Å². The van der Waals surface area contributed by atoms with Crippen LogP contribution in [0.2, 0.25) is 0 Å². The van der Waals surface area contributed by atoms with E-state index in [4.69, 9.17) is 5.11 Å². The normalized spacial score (nSPS) is 10.5. The summed E-state index contributed by atoms with van der Waals surface area (Å²) in [6.07, 6.45) is 0.246. The first-order valence-corrected chi connectivity index (χ1v) is 8.63. The summed E-state index contributed by atoms with van der Waals surface area (Å²) in [7, 11) is 0. The number of nitrogens with one attached hydrogen (secondary N) is 2. The molecule has 2 aromatic rings. The number of aliphatic hydroxyl groups is 1. The Morgan fingerprint density at radius 1 is 1.28 bits per heavy atom. The Hall–Kier alpha value is -2.45. The molecular weight excluding hydrogens is 342 g/mol. The van der Waals surface area contributed by atoms with E-state index in [-0.39, 0.29) is 36.0 Å². The van der Waals surface area contributed by atoms with Crippen molar-refractivity contribution in [3.63, 3.8) is 0 Å². The van der Waals surface area contributed by atoms with Crippen LogP contribution in [0.15, 0.2) is 34.2 Å². The molecule has 0 radical (unpaired) electrons. The molecule has 0 fully saturated rings. The Morgan fingerprint density at radius 3 is 2.52 bits per heavy atom. The van der Waals surface area contributed by atoms with E-state index < -0.39 is 0 Å². The topological polar surface area (TPSA) is 112 Å². The molecule has 0 aliphatic carbocycles. The zero-order valence-electron chi connectivity index (χ0n) is 14.0. The highest BCUT2D eigenvalue weighted by Crippen LogP contribution is 2.15. The van der Waals surface area contributed by atoms with Crippen molar-refractivity contribution < 1.29 is 14.7 Å². The van der Waals surface area contributed by atoms with E-state index in [0.717, 1.165) is 11.8 Å². The number of H-pyrrole nitrogens is 1. The van der Waals surface area contributed by atoms with Crippen molar-refractivity contribution in [1.29, 1.82) is 0 Å². The van der Waals surface area contributed by atoms with Crippen LogP contribution in [-0.2, 0) is 11.2 Å². The highest BCUT2D eigenvalue weighted by Gasteiger charge is 2.10. The van der Waals surface area contributed by atoms with Crippen LogP contribution >= 0.6 is 11.8 Å². The lowest BCUT2D eigenvalue weighted by Crippen LogP contribution is -2.19. The van der Waals surface area contributed by atoms with Gasteiger partial charge < -0.3 is 15.4 Å². The van der Waals surface area contributed by atoms with Gasteiger partial charge in [-0.05, 0) is 38.1 Å². The number of aliphatic hydroxyl groups excluding tert-OH is 1. The molecule has 1 amide bonds. The second-order valence-corrected chi connectivity index (χ2v) is 6.34. The number of nitrogens with zero attached hydrogens (tertiary/aromatic N) is 1. The third-order valence-corrected chi connectivity index (χ3v) is 4.35. The van der Waals surface area contributed by atoms with Crippen LogP contribution in [0, 0.1) is 6.92 Å². The van der Waals surface area contributed by atoms with Crippen molar-refractivity contribution in [2.75, 3.05) is 17.7 Å². The summed E-state index contributed by atoms with van der Waals surface area (Å²) in [4.78, 5) is 42.0. The van der Waals surface area contributed by atoms with Crippen molar-refractivity contribution in [3.05, 3.63) is 51.4 Å². The number of hydrogen-bond acceptors (Lipinski definition) is 6. The van der Waals surface area contributed by atoms with E-state index in [2.05, 4.69) is 15.3 Å². The molecule has 0 aliphatic heterocycles. The van der Waals surface area contributed by atoms with Crippen molar-refractivity contribution >= 4 is 29.1 Å². The third kappa shape index (κ3) is 5.27. The van der Waals surface area contributed by atoms with Gasteiger partial charge in [0.15, 0.2) is 10.9 Å². The largest absolute Gasteiger partial charge is 0.396 e. The van der Waals surface area contributed by atoms with Crippen molar-refractivity contribution in [2.24, 2.45) is 0 Å². The summed E-state index contributed by atoms with van der Waals surface area (Å²) in [5.74, 6) is -0.209. The fraction of sp³-hybridized carbons (Fsp3) is 0.294. The van der Waals surface area contributed by atoms with E-state index in [1.54, 1.807) is 31.2 Å². The molecule has 0 bridgehead atoms. The second-order valence-electron chi connectivity index (χ2n) is 5.38. The first-order valence-electron chi connectivity index (χ1n) is 7.65. The molecule has 1 aromatic carbocycles. The van der Waals surface area contributed by atoms with Crippen LogP contribution < -0.4 is 10.9 Å². The molecule has 3 N–H and O–H groups in total. The maximum atomic E-state index is 12.0. The van der Waals surface area contributed by atoms with Crippen LogP contribution in [0.3, 0.4) is 0 Å². The quantitative estimate of drug-likeness (QED) is 0.392. The molecule has 0 saturated carbocycles. The number of Topliss-reactive ketones (excluding diaryl/α,β-unsaturated/α-hetero) is 1. The molecular formula is C17H19N3O4S. The summed E-state index contributed by atoms with van der Waals surface area (Å²) in [6, 6.07) is 6.61. The number of thioether (sulfide) groups is 1. The Kier molecular flexibility index (Phi) is 6.49. The molecule has 0 aliphatic rings. The first-order chi connectivity index (χ1) is 11.9. The lowest BCUT2D eigenvalue weighted by atomic mass is 10.1. The van der Waals surface area contributed by atoms with Crippen LogP contribution in [0.1, 0.15) is 28.5 Å². The number of hydrogen-bond donors (Lipinski definition) is 3. The first kappa shape index (κ1) is 18.9. The van der Waals surface area contributed by atoms with Gasteiger partial charge in [-0.25, -0.2) is 4.98 Å². The van der Waals surface area contributed by atoms with Crippen molar-refractivity contribution in [2.45, 2.75) is 25.4 Å². The van der Waals surface area contributed by atoms with Gasteiger partial charge in [0, 0.05) is 35.5 Å². The molecule has 0 spiro atoms. The van der Waals surface area contributed by atoms with E-state index in [1.807, 2.05) is 0 Å². The van der Waals surface area contributed by atoms with Gasteiger partial charge in [-0.1, -0.05) is 11.8 Å². The number of aryl methyl sites for hydroxylation is 1. The molecule has 7 nitrogen and oxygen atoms in total. The number of benzene rings is 1. The predicted molar refractivity (Wildman–Crippen MR) is 96.2 cm³/mol. The van der Waals surface area contributed by atoms with Gasteiger partial charge in [-0.15, -0.1) is 0 Å².